The van der Waals surface area contributed by atoms with Crippen LogP contribution < -0.4 is 10.0 Å². The lowest BCUT2D eigenvalue weighted by atomic mass is 10.1. The number of hydrogen-bond donors (Lipinski definition) is 1. The molecule has 1 heterocycles. The summed E-state index contributed by atoms with van der Waals surface area (Å²) in [4.78, 5) is 1.95. The Hall–Kier alpha value is -1.27. The molecule has 0 unspecified atom stereocenters. The molecule has 2 N–H and O–H groups in total. The molecule has 1 aliphatic rings. The highest BCUT2D eigenvalue weighted by Crippen LogP contribution is 2.45. The summed E-state index contributed by atoms with van der Waals surface area (Å²) in [5, 5.41) is 5.17. The maximum atomic E-state index is 11.4. The smallest absolute Gasteiger partial charge is 0.238 e. The molecule has 0 radical (unpaired) electrons. The Kier molecular flexibility index (Phi) is 3.85. The third-order valence-electron chi connectivity index (χ3n) is 3.74. The molecule has 4 nitrogen and oxygen atoms in total. The van der Waals surface area contributed by atoms with Crippen LogP contribution in [0.15, 0.2) is 53.4 Å². The molecule has 0 aromatic heterocycles. The number of primary sulfonamides is 1. The normalized spacial score (nSPS) is 15.0. The average molecular weight is 357 g/mol. The zero-order valence-electron chi connectivity index (χ0n) is 11.5. The summed E-state index contributed by atoms with van der Waals surface area (Å²) in [6.45, 7) is 0.602. The third kappa shape index (κ3) is 2.70. The molecule has 0 bridgehead atoms. The van der Waals surface area contributed by atoms with Crippen LogP contribution in [0.4, 0.5) is 5.69 Å². The topological polar surface area (TPSA) is 63.4 Å². The average Bonchev–Trinajstić information content (AvgIpc) is 2.91. The fourth-order valence-electron chi connectivity index (χ4n) is 2.64. The number of rotatable bonds is 3. The second kappa shape index (κ2) is 5.42. The van der Waals surface area contributed by atoms with E-state index in [1.165, 1.54) is 6.07 Å². The van der Waals surface area contributed by atoms with Gasteiger partial charge in [0.15, 0.2) is 0 Å². The molecule has 1 aliphatic heterocycles. The number of fused-ring (bicyclic) bond motifs is 1. The van der Waals surface area contributed by atoms with Crippen molar-refractivity contribution in [1.82, 2.24) is 0 Å². The first kappa shape index (κ1) is 15.6. The monoisotopic (exact) mass is 356 g/mol. The minimum atomic E-state index is -3.71. The Morgan fingerprint density at radius 2 is 1.77 bits per heavy atom. The predicted octanol–water partition coefficient (Wildman–Crippen LogP) is 2.98. The first-order chi connectivity index (χ1) is 10.3. The molecule has 0 aliphatic carbocycles. The summed E-state index contributed by atoms with van der Waals surface area (Å²) >= 11 is 13.1. The molecule has 2 aromatic rings. The van der Waals surface area contributed by atoms with Crippen molar-refractivity contribution in [2.45, 2.75) is 15.8 Å². The minimum Gasteiger partial charge on any atom is -0.336 e. The van der Waals surface area contributed by atoms with Crippen molar-refractivity contribution >= 4 is 38.9 Å². The third-order valence-corrected chi connectivity index (χ3v) is 5.49. The molecule has 0 amide bonds. The molecule has 3 rings (SSSR count). The standard InChI is InChI=1S/C15H14Cl2N2O2S/c16-15(17,12-4-2-1-3-5-12)19-9-8-11-10-13(22(18,20)21)6-7-14(11)19/h1-7,10H,8-9H2,(H2,18,20,21). The van der Waals surface area contributed by atoms with Gasteiger partial charge in [0, 0.05) is 17.8 Å². The molecule has 0 atom stereocenters. The van der Waals surface area contributed by atoms with Crippen molar-refractivity contribution < 1.29 is 8.42 Å². The van der Waals surface area contributed by atoms with Crippen LogP contribution in [0.3, 0.4) is 0 Å². The number of anilines is 1. The number of hydrogen-bond acceptors (Lipinski definition) is 3. The Labute approximate surface area is 139 Å². The highest BCUT2D eigenvalue weighted by atomic mass is 35.5. The van der Waals surface area contributed by atoms with E-state index in [2.05, 4.69) is 0 Å². The van der Waals surface area contributed by atoms with Gasteiger partial charge in [0.05, 0.1) is 4.90 Å². The molecule has 116 valence electrons. The molecular weight excluding hydrogens is 343 g/mol. The first-order valence-corrected chi connectivity index (χ1v) is 8.97. The van der Waals surface area contributed by atoms with E-state index in [1.54, 1.807) is 12.1 Å². The number of benzene rings is 2. The van der Waals surface area contributed by atoms with Crippen molar-refractivity contribution in [1.29, 1.82) is 0 Å². The highest BCUT2D eigenvalue weighted by Gasteiger charge is 2.38. The van der Waals surface area contributed by atoms with Crippen molar-refractivity contribution in [2.24, 2.45) is 5.14 Å². The van der Waals surface area contributed by atoms with E-state index in [9.17, 15) is 8.42 Å². The number of nitrogens with zero attached hydrogens (tertiary/aromatic N) is 1. The first-order valence-electron chi connectivity index (χ1n) is 6.67. The van der Waals surface area contributed by atoms with Crippen LogP contribution in [-0.2, 0) is 20.9 Å². The van der Waals surface area contributed by atoms with Crippen LogP contribution in [0, 0.1) is 0 Å². The lowest BCUT2D eigenvalue weighted by molar-refractivity contribution is 0.597. The van der Waals surface area contributed by atoms with Gasteiger partial charge in [0.2, 0.25) is 14.5 Å². The van der Waals surface area contributed by atoms with E-state index in [0.717, 1.165) is 16.8 Å². The van der Waals surface area contributed by atoms with E-state index in [-0.39, 0.29) is 4.90 Å². The van der Waals surface area contributed by atoms with Crippen LogP contribution in [-0.4, -0.2) is 15.0 Å². The molecule has 7 heteroatoms. The molecule has 2 aromatic carbocycles. The molecular formula is C15H14Cl2N2O2S. The fraction of sp³-hybridized carbons (Fsp3) is 0.200. The maximum Gasteiger partial charge on any atom is 0.238 e. The van der Waals surface area contributed by atoms with E-state index in [0.29, 0.717) is 13.0 Å². The van der Waals surface area contributed by atoms with E-state index < -0.39 is 14.5 Å². The summed E-state index contributed by atoms with van der Waals surface area (Å²) < 4.78 is 21.7. The fourth-order valence-corrected chi connectivity index (χ4v) is 3.81. The van der Waals surface area contributed by atoms with E-state index in [1.807, 2.05) is 35.2 Å². The summed E-state index contributed by atoms with van der Waals surface area (Å²) in [5.41, 5.74) is 2.45. The molecule has 0 spiro atoms. The number of sulfonamides is 1. The Morgan fingerprint density at radius 1 is 1.09 bits per heavy atom. The van der Waals surface area contributed by atoms with Crippen LogP contribution in [0.2, 0.25) is 0 Å². The largest absolute Gasteiger partial charge is 0.336 e. The van der Waals surface area contributed by atoms with Gasteiger partial charge in [0.25, 0.3) is 0 Å². The highest BCUT2D eigenvalue weighted by molar-refractivity contribution is 7.89. The molecule has 22 heavy (non-hydrogen) atoms. The zero-order valence-corrected chi connectivity index (χ0v) is 13.9. The van der Waals surface area contributed by atoms with Crippen LogP contribution >= 0.6 is 23.2 Å². The van der Waals surface area contributed by atoms with Crippen LogP contribution in [0.25, 0.3) is 0 Å². The molecule has 0 fully saturated rings. The van der Waals surface area contributed by atoms with Gasteiger partial charge >= 0.3 is 0 Å². The Morgan fingerprint density at radius 3 is 2.41 bits per heavy atom. The van der Waals surface area contributed by atoms with Gasteiger partial charge in [-0.25, -0.2) is 13.6 Å². The van der Waals surface area contributed by atoms with Gasteiger partial charge in [-0.15, -0.1) is 0 Å². The summed E-state index contributed by atoms with van der Waals surface area (Å²) in [5.74, 6) is 0. The van der Waals surface area contributed by atoms with Gasteiger partial charge < -0.3 is 4.90 Å². The van der Waals surface area contributed by atoms with Crippen molar-refractivity contribution in [3.63, 3.8) is 0 Å². The summed E-state index contributed by atoms with van der Waals surface area (Å²) in [6.07, 6.45) is 0.659. The summed E-state index contributed by atoms with van der Waals surface area (Å²) in [7, 11) is -3.71. The zero-order chi connectivity index (χ0) is 16.0. The lowest BCUT2D eigenvalue weighted by Crippen LogP contribution is -2.36. The minimum absolute atomic E-state index is 0.0996. The van der Waals surface area contributed by atoms with Gasteiger partial charge in [0.1, 0.15) is 0 Å². The van der Waals surface area contributed by atoms with Gasteiger partial charge in [-0.05, 0) is 30.2 Å². The second-order valence-electron chi connectivity index (χ2n) is 5.14. The van der Waals surface area contributed by atoms with Crippen molar-refractivity contribution in [2.75, 3.05) is 11.4 Å². The predicted molar refractivity (Wildman–Crippen MR) is 88.7 cm³/mol. The van der Waals surface area contributed by atoms with Gasteiger partial charge in [-0.1, -0.05) is 53.5 Å². The molecule has 0 saturated heterocycles. The number of nitrogens with two attached hydrogens (primary N) is 1. The van der Waals surface area contributed by atoms with E-state index >= 15 is 0 Å². The maximum absolute atomic E-state index is 11.4. The van der Waals surface area contributed by atoms with Crippen LogP contribution in [0.1, 0.15) is 11.1 Å². The Balaban J connectivity index is 2.02. The SMILES string of the molecule is NS(=O)(=O)c1ccc2c(c1)CCN2C(Cl)(Cl)c1ccccc1. The summed E-state index contributed by atoms with van der Waals surface area (Å²) in [6, 6.07) is 14.1. The van der Waals surface area contributed by atoms with Crippen molar-refractivity contribution in [3.05, 3.63) is 59.7 Å². The van der Waals surface area contributed by atoms with Crippen LogP contribution in [0.5, 0.6) is 0 Å². The number of alkyl halides is 2. The van der Waals surface area contributed by atoms with Crippen molar-refractivity contribution in [3.8, 4) is 0 Å². The van der Waals surface area contributed by atoms with Gasteiger partial charge in [-0.3, -0.25) is 0 Å². The number of halogens is 2. The molecule has 0 saturated carbocycles. The van der Waals surface area contributed by atoms with Gasteiger partial charge in [-0.2, -0.15) is 0 Å². The Bertz CT molecular complexity index is 808. The second-order valence-corrected chi connectivity index (χ2v) is 7.99. The lowest BCUT2D eigenvalue weighted by Gasteiger charge is -2.33. The quantitative estimate of drug-likeness (QED) is 0.679. The van der Waals surface area contributed by atoms with E-state index in [4.69, 9.17) is 28.3 Å².